The van der Waals surface area contributed by atoms with Gasteiger partial charge < -0.3 is 0 Å². The summed E-state index contributed by atoms with van der Waals surface area (Å²) >= 11 is 0. The summed E-state index contributed by atoms with van der Waals surface area (Å²) in [7, 11) is 0. The molecule has 3 atom stereocenters. The average molecular weight is 138 g/mol. The SMILES string of the molecule is C=C1CCC(C)C(C)C1C. The van der Waals surface area contributed by atoms with Crippen LogP contribution in [0.1, 0.15) is 33.6 Å². The lowest BCUT2D eigenvalue weighted by Crippen LogP contribution is -2.23. The lowest BCUT2D eigenvalue weighted by Gasteiger charge is -2.33. The smallest absolute Gasteiger partial charge is 0.0206 e. The number of allylic oxidation sites excluding steroid dienone is 1. The summed E-state index contributed by atoms with van der Waals surface area (Å²) in [6.07, 6.45) is 2.61. The Kier molecular flexibility index (Phi) is 2.18. The van der Waals surface area contributed by atoms with Gasteiger partial charge in [0.1, 0.15) is 0 Å². The van der Waals surface area contributed by atoms with E-state index < -0.39 is 0 Å². The van der Waals surface area contributed by atoms with Crippen molar-refractivity contribution < 1.29 is 0 Å². The molecule has 0 aliphatic heterocycles. The molecule has 0 N–H and O–H groups in total. The molecule has 0 heteroatoms. The summed E-state index contributed by atoms with van der Waals surface area (Å²) in [5.74, 6) is 2.51. The molecule has 1 aliphatic rings. The Morgan fingerprint density at radius 3 is 2.40 bits per heavy atom. The van der Waals surface area contributed by atoms with Crippen LogP contribution in [0.5, 0.6) is 0 Å². The third-order valence-corrected chi connectivity index (χ3v) is 3.25. The molecule has 0 amide bonds. The number of rotatable bonds is 0. The Bertz CT molecular complexity index is 135. The van der Waals surface area contributed by atoms with Crippen LogP contribution >= 0.6 is 0 Å². The minimum atomic E-state index is 0.753. The minimum Gasteiger partial charge on any atom is -0.0996 e. The molecule has 1 rings (SSSR count). The van der Waals surface area contributed by atoms with Gasteiger partial charge in [0.25, 0.3) is 0 Å². The zero-order valence-corrected chi connectivity index (χ0v) is 7.35. The summed E-state index contributed by atoms with van der Waals surface area (Å²) in [4.78, 5) is 0. The lowest BCUT2D eigenvalue weighted by molar-refractivity contribution is 0.253. The van der Waals surface area contributed by atoms with E-state index in [1.165, 1.54) is 18.4 Å². The molecule has 1 aliphatic carbocycles. The molecule has 0 bridgehead atoms. The van der Waals surface area contributed by atoms with Crippen molar-refractivity contribution in [1.29, 1.82) is 0 Å². The van der Waals surface area contributed by atoms with Crippen LogP contribution in [0.3, 0.4) is 0 Å². The second-order valence-corrected chi connectivity index (χ2v) is 3.82. The van der Waals surface area contributed by atoms with Gasteiger partial charge in [-0.2, -0.15) is 0 Å². The maximum atomic E-state index is 4.08. The van der Waals surface area contributed by atoms with Crippen LogP contribution in [0, 0.1) is 17.8 Å². The molecular weight excluding hydrogens is 120 g/mol. The Balaban J connectivity index is 2.60. The average Bonchev–Trinajstić information content (AvgIpc) is 1.93. The molecule has 3 unspecified atom stereocenters. The van der Waals surface area contributed by atoms with Gasteiger partial charge in [0, 0.05) is 0 Å². The quantitative estimate of drug-likeness (QED) is 0.451. The molecule has 0 nitrogen and oxygen atoms in total. The van der Waals surface area contributed by atoms with Crippen LogP contribution in [0.4, 0.5) is 0 Å². The van der Waals surface area contributed by atoms with E-state index in [1.54, 1.807) is 0 Å². The molecule has 0 aromatic heterocycles. The molecule has 0 aromatic rings. The van der Waals surface area contributed by atoms with Gasteiger partial charge in [-0.1, -0.05) is 32.9 Å². The van der Waals surface area contributed by atoms with Gasteiger partial charge in [0.05, 0.1) is 0 Å². The third kappa shape index (κ3) is 1.25. The van der Waals surface area contributed by atoms with E-state index in [1.807, 2.05) is 0 Å². The fourth-order valence-corrected chi connectivity index (χ4v) is 1.77. The van der Waals surface area contributed by atoms with E-state index in [9.17, 15) is 0 Å². The van der Waals surface area contributed by atoms with Crippen molar-refractivity contribution in [2.24, 2.45) is 17.8 Å². The van der Waals surface area contributed by atoms with E-state index in [2.05, 4.69) is 27.4 Å². The van der Waals surface area contributed by atoms with Crippen LogP contribution in [-0.2, 0) is 0 Å². The molecule has 0 aromatic carbocycles. The minimum absolute atomic E-state index is 0.753. The van der Waals surface area contributed by atoms with Gasteiger partial charge in [-0.3, -0.25) is 0 Å². The zero-order valence-electron chi connectivity index (χ0n) is 7.35. The number of hydrogen-bond donors (Lipinski definition) is 0. The predicted octanol–water partition coefficient (Wildman–Crippen LogP) is 3.24. The fourth-order valence-electron chi connectivity index (χ4n) is 1.77. The monoisotopic (exact) mass is 138 g/mol. The van der Waals surface area contributed by atoms with Crippen molar-refractivity contribution in [2.75, 3.05) is 0 Å². The first-order valence-electron chi connectivity index (χ1n) is 4.30. The maximum Gasteiger partial charge on any atom is -0.0206 e. The normalized spacial score (nSPS) is 41.9. The van der Waals surface area contributed by atoms with E-state index in [0.717, 1.165) is 17.8 Å². The van der Waals surface area contributed by atoms with Crippen molar-refractivity contribution in [3.05, 3.63) is 12.2 Å². The third-order valence-electron chi connectivity index (χ3n) is 3.25. The summed E-state index contributed by atoms with van der Waals surface area (Å²) in [5.41, 5.74) is 1.46. The zero-order chi connectivity index (χ0) is 7.72. The molecule has 1 fully saturated rings. The molecule has 0 radical (unpaired) electrons. The summed E-state index contributed by atoms with van der Waals surface area (Å²) in [6.45, 7) is 11.1. The molecule has 10 heavy (non-hydrogen) atoms. The van der Waals surface area contributed by atoms with Crippen LogP contribution in [0.25, 0.3) is 0 Å². The highest BCUT2D eigenvalue weighted by molar-refractivity contribution is 5.04. The predicted molar refractivity (Wildman–Crippen MR) is 45.9 cm³/mol. The first-order valence-corrected chi connectivity index (χ1v) is 4.30. The Hall–Kier alpha value is -0.260. The van der Waals surface area contributed by atoms with Gasteiger partial charge in [0.15, 0.2) is 0 Å². The van der Waals surface area contributed by atoms with E-state index in [0.29, 0.717) is 0 Å². The largest absolute Gasteiger partial charge is 0.0996 e. The summed E-state index contributed by atoms with van der Waals surface area (Å²) < 4.78 is 0. The lowest BCUT2D eigenvalue weighted by atomic mass is 9.72. The van der Waals surface area contributed by atoms with Gasteiger partial charge in [-0.25, -0.2) is 0 Å². The van der Waals surface area contributed by atoms with Crippen molar-refractivity contribution in [3.63, 3.8) is 0 Å². The van der Waals surface area contributed by atoms with Crippen molar-refractivity contribution in [3.8, 4) is 0 Å². The Morgan fingerprint density at radius 1 is 1.30 bits per heavy atom. The van der Waals surface area contributed by atoms with Crippen molar-refractivity contribution in [2.45, 2.75) is 33.6 Å². The Morgan fingerprint density at radius 2 is 1.90 bits per heavy atom. The van der Waals surface area contributed by atoms with Gasteiger partial charge in [-0.05, 0) is 30.6 Å². The van der Waals surface area contributed by atoms with Crippen molar-refractivity contribution >= 4 is 0 Å². The standard InChI is InChI=1S/C10H18/c1-7-5-6-8(2)10(4)9(7)3/h8-10H,1,5-6H2,2-4H3. The molecule has 1 saturated carbocycles. The second kappa shape index (κ2) is 2.77. The van der Waals surface area contributed by atoms with Gasteiger partial charge in [0.2, 0.25) is 0 Å². The second-order valence-electron chi connectivity index (χ2n) is 3.82. The van der Waals surface area contributed by atoms with E-state index >= 15 is 0 Å². The number of hydrogen-bond acceptors (Lipinski definition) is 0. The van der Waals surface area contributed by atoms with Crippen LogP contribution in [0.15, 0.2) is 12.2 Å². The molecule has 58 valence electrons. The summed E-state index contributed by atoms with van der Waals surface area (Å²) in [6, 6.07) is 0. The first-order chi connectivity index (χ1) is 4.63. The molecule has 0 heterocycles. The molecule has 0 saturated heterocycles. The highest BCUT2D eigenvalue weighted by Gasteiger charge is 2.25. The maximum absolute atomic E-state index is 4.08. The molecule has 0 spiro atoms. The van der Waals surface area contributed by atoms with Gasteiger partial charge in [-0.15, -0.1) is 0 Å². The Labute approximate surface area is 64.3 Å². The molecular formula is C10H18. The van der Waals surface area contributed by atoms with Gasteiger partial charge >= 0.3 is 0 Å². The van der Waals surface area contributed by atoms with Crippen LogP contribution in [0.2, 0.25) is 0 Å². The first kappa shape index (κ1) is 7.84. The highest BCUT2D eigenvalue weighted by atomic mass is 14.3. The topological polar surface area (TPSA) is 0 Å². The highest BCUT2D eigenvalue weighted by Crippen LogP contribution is 2.36. The summed E-state index contributed by atoms with van der Waals surface area (Å²) in [5, 5.41) is 0. The fraction of sp³-hybridized carbons (Fsp3) is 0.800. The van der Waals surface area contributed by atoms with E-state index in [4.69, 9.17) is 0 Å². The van der Waals surface area contributed by atoms with Crippen LogP contribution in [-0.4, -0.2) is 0 Å². The van der Waals surface area contributed by atoms with Crippen LogP contribution < -0.4 is 0 Å². The van der Waals surface area contributed by atoms with Crippen molar-refractivity contribution in [1.82, 2.24) is 0 Å². The van der Waals surface area contributed by atoms with E-state index in [-0.39, 0.29) is 0 Å².